The maximum Gasteiger partial charge on any atom is 0.178 e. The third-order valence-electron chi connectivity index (χ3n) is 4.57. The second kappa shape index (κ2) is 5.34. The molecule has 0 saturated heterocycles. The molecule has 2 aliphatic rings. The smallest absolute Gasteiger partial charge is 0.178 e. The van der Waals surface area contributed by atoms with E-state index in [9.17, 15) is 17.9 Å². The van der Waals surface area contributed by atoms with Gasteiger partial charge in [0.2, 0.25) is 0 Å². The monoisotopic (exact) mass is 313 g/mol. The van der Waals surface area contributed by atoms with Gasteiger partial charge in [-0.25, -0.2) is 12.8 Å². The van der Waals surface area contributed by atoms with E-state index >= 15 is 0 Å². The van der Waals surface area contributed by atoms with Crippen molar-refractivity contribution >= 4 is 9.84 Å². The molecule has 1 aliphatic heterocycles. The number of halogens is 1. The van der Waals surface area contributed by atoms with Gasteiger partial charge in [0, 0.05) is 12.6 Å². The van der Waals surface area contributed by atoms with E-state index in [-0.39, 0.29) is 16.7 Å². The van der Waals surface area contributed by atoms with Crippen molar-refractivity contribution in [2.45, 2.75) is 48.6 Å². The summed E-state index contributed by atoms with van der Waals surface area (Å²) in [5.41, 5.74) is -0.216. The molecule has 0 aromatic heterocycles. The molecule has 3 rings (SSSR count). The van der Waals surface area contributed by atoms with E-state index in [1.807, 2.05) is 0 Å². The topological polar surface area (TPSA) is 66.4 Å². The fourth-order valence-corrected chi connectivity index (χ4v) is 4.95. The number of hydrogen-bond acceptors (Lipinski definition) is 4. The van der Waals surface area contributed by atoms with E-state index < -0.39 is 21.3 Å². The van der Waals surface area contributed by atoms with Crippen LogP contribution in [0, 0.1) is 5.82 Å². The van der Waals surface area contributed by atoms with Gasteiger partial charge in [0.05, 0.1) is 16.2 Å². The number of sulfone groups is 1. The molecule has 1 unspecified atom stereocenters. The van der Waals surface area contributed by atoms with Crippen molar-refractivity contribution in [3.05, 3.63) is 29.6 Å². The quantitative estimate of drug-likeness (QED) is 0.837. The molecule has 1 atom stereocenters. The first-order chi connectivity index (χ1) is 9.90. The fraction of sp³-hybridized carbons (Fsp3) is 0.600. The van der Waals surface area contributed by atoms with Crippen molar-refractivity contribution in [1.29, 1.82) is 0 Å². The zero-order valence-electron chi connectivity index (χ0n) is 11.8. The summed E-state index contributed by atoms with van der Waals surface area (Å²) in [6.07, 6.45) is 3.97. The Labute approximate surface area is 124 Å². The van der Waals surface area contributed by atoms with Gasteiger partial charge in [-0.1, -0.05) is 12.8 Å². The Morgan fingerprint density at radius 1 is 1.33 bits per heavy atom. The Hall–Kier alpha value is -0.980. The molecule has 1 aromatic rings. The van der Waals surface area contributed by atoms with Gasteiger partial charge >= 0.3 is 0 Å². The predicted molar refractivity (Wildman–Crippen MR) is 77.2 cm³/mol. The SMILES string of the molecule is O=S1(=O)CCC(NCC2(O)CCCC2)c2cc(F)ccc21. The Kier molecular flexibility index (Phi) is 3.80. The number of fused-ring (bicyclic) bond motifs is 1. The highest BCUT2D eigenvalue weighted by Gasteiger charge is 2.34. The first-order valence-electron chi connectivity index (χ1n) is 7.38. The molecular weight excluding hydrogens is 293 g/mol. The summed E-state index contributed by atoms with van der Waals surface area (Å²) in [6.45, 7) is 0.424. The molecule has 1 saturated carbocycles. The summed E-state index contributed by atoms with van der Waals surface area (Å²) < 4.78 is 37.6. The molecule has 0 spiro atoms. The van der Waals surface area contributed by atoms with E-state index in [2.05, 4.69) is 5.32 Å². The minimum Gasteiger partial charge on any atom is -0.389 e. The molecule has 0 radical (unpaired) electrons. The van der Waals surface area contributed by atoms with Crippen LogP contribution in [0.4, 0.5) is 4.39 Å². The molecule has 21 heavy (non-hydrogen) atoms. The molecular formula is C15H20FNO3S. The lowest BCUT2D eigenvalue weighted by Crippen LogP contribution is -2.41. The molecule has 1 fully saturated rings. The third kappa shape index (κ3) is 2.98. The van der Waals surface area contributed by atoms with Crippen LogP contribution in [0.2, 0.25) is 0 Å². The molecule has 2 N–H and O–H groups in total. The summed E-state index contributed by atoms with van der Waals surface area (Å²) in [6, 6.07) is 3.60. The average Bonchev–Trinajstić information content (AvgIpc) is 2.85. The molecule has 116 valence electrons. The van der Waals surface area contributed by atoms with Crippen LogP contribution in [0.15, 0.2) is 23.1 Å². The van der Waals surface area contributed by atoms with Gasteiger partial charge in [0.1, 0.15) is 5.82 Å². The number of hydrogen-bond donors (Lipinski definition) is 2. The molecule has 0 bridgehead atoms. The second-order valence-corrected chi connectivity index (χ2v) is 8.23. The van der Waals surface area contributed by atoms with Crippen LogP contribution in [-0.2, 0) is 9.84 Å². The van der Waals surface area contributed by atoms with Gasteiger partial charge in [-0.2, -0.15) is 0 Å². The molecule has 0 amide bonds. The van der Waals surface area contributed by atoms with E-state index in [1.165, 1.54) is 18.2 Å². The summed E-state index contributed by atoms with van der Waals surface area (Å²) in [5.74, 6) is -0.376. The van der Waals surface area contributed by atoms with Crippen LogP contribution in [0.5, 0.6) is 0 Å². The highest BCUT2D eigenvalue weighted by molar-refractivity contribution is 7.91. The predicted octanol–water partition coefficient (Wildman–Crippen LogP) is 1.94. The van der Waals surface area contributed by atoms with Gasteiger partial charge in [-0.3, -0.25) is 0 Å². The first kappa shape index (κ1) is 14.9. The minimum absolute atomic E-state index is 0.0573. The zero-order valence-corrected chi connectivity index (χ0v) is 12.6. The summed E-state index contributed by atoms with van der Waals surface area (Å²) in [5, 5.41) is 13.6. The Balaban J connectivity index is 1.83. The normalized spacial score (nSPS) is 26.5. The second-order valence-electron chi connectivity index (χ2n) is 6.15. The zero-order chi connectivity index (χ0) is 15.1. The van der Waals surface area contributed by atoms with Gasteiger partial charge in [-0.15, -0.1) is 0 Å². The van der Waals surface area contributed by atoms with Crippen LogP contribution in [0.25, 0.3) is 0 Å². The maximum absolute atomic E-state index is 13.5. The highest BCUT2D eigenvalue weighted by Crippen LogP contribution is 2.34. The number of nitrogens with one attached hydrogen (secondary N) is 1. The lowest BCUT2D eigenvalue weighted by Gasteiger charge is -2.30. The summed E-state index contributed by atoms with van der Waals surface area (Å²) in [4.78, 5) is 0.214. The summed E-state index contributed by atoms with van der Waals surface area (Å²) >= 11 is 0. The molecule has 1 heterocycles. The molecule has 1 aliphatic carbocycles. The first-order valence-corrected chi connectivity index (χ1v) is 9.03. The van der Waals surface area contributed by atoms with E-state index in [1.54, 1.807) is 0 Å². The van der Waals surface area contributed by atoms with E-state index in [0.29, 0.717) is 18.5 Å². The molecule has 4 nitrogen and oxygen atoms in total. The Morgan fingerprint density at radius 2 is 2.05 bits per heavy atom. The van der Waals surface area contributed by atoms with Gasteiger partial charge in [0.25, 0.3) is 0 Å². The van der Waals surface area contributed by atoms with Crippen molar-refractivity contribution in [2.75, 3.05) is 12.3 Å². The van der Waals surface area contributed by atoms with Crippen molar-refractivity contribution < 1.29 is 17.9 Å². The van der Waals surface area contributed by atoms with Crippen LogP contribution in [0.1, 0.15) is 43.7 Å². The third-order valence-corrected chi connectivity index (χ3v) is 6.38. The fourth-order valence-electron chi connectivity index (χ4n) is 3.35. The van der Waals surface area contributed by atoms with Crippen molar-refractivity contribution in [1.82, 2.24) is 5.32 Å². The number of rotatable bonds is 3. The minimum atomic E-state index is -3.31. The highest BCUT2D eigenvalue weighted by atomic mass is 32.2. The number of benzene rings is 1. The Bertz CT molecular complexity index is 638. The van der Waals surface area contributed by atoms with Crippen molar-refractivity contribution in [3.8, 4) is 0 Å². The van der Waals surface area contributed by atoms with Crippen molar-refractivity contribution in [2.24, 2.45) is 0 Å². The van der Waals surface area contributed by atoms with Gasteiger partial charge < -0.3 is 10.4 Å². The van der Waals surface area contributed by atoms with Crippen LogP contribution in [0.3, 0.4) is 0 Å². The van der Waals surface area contributed by atoms with Gasteiger partial charge in [-0.05, 0) is 43.0 Å². The largest absolute Gasteiger partial charge is 0.389 e. The van der Waals surface area contributed by atoms with E-state index in [4.69, 9.17) is 0 Å². The maximum atomic E-state index is 13.5. The van der Waals surface area contributed by atoms with Crippen LogP contribution >= 0.6 is 0 Å². The average molecular weight is 313 g/mol. The number of aliphatic hydroxyl groups is 1. The van der Waals surface area contributed by atoms with Crippen LogP contribution in [-0.4, -0.2) is 31.4 Å². The van der Waals surface area contributed by atoms with E-state index in [0.717, 1.165) is 25.7 Å². The Morgan fingerprint density at radius 3 is 2.76 bits per heavy atom. The molecule has 6 heteroatoms. The van der Waals surface area contributed by atoms with Gasteiger partial charge in [0.15, 0.2) is 9.84 Å². The standard InChI is InChI=1S/C15H20FNO3S/c16-11-3-4-14-12(9-11)13(5-8-21(14,19)20)17-10-15(18)6-1-2-7-15/h3-4,9,13,17-18H,1-2,5-8,10H2. The summed E-state index contributed by atoms with van der Waals surface area (Å²) in [7, 11) is -3.31. The van der Waals surface area contributed by atoms with Crippen molar-refractivity contribution in [3.63, 3.8) is 0 Å². The molecule has 1 aromatic carbocycles. The van der Waals surface area contributed by atoms with Crippen LogP contribution < -0.4 is 5.32 Å². The lowest BCUT2D eigenvalue weighted by molar-refractivity contribution is 0.0445. The lowest BCUT2D eigenvalue weighted by atomic mass is 9.99.